The van der Waals surface area contributed by atoms with Crippen molar-refractivity contribution in [3.63, 3.8) is 0 Å². The summed E-state index contributed by atoms with van der Waals surface area (Å²) in [7, 11) is 0. The molecule has 0 radical (unpaired) electrons. The molecule has 0 aromatic heterocycles. The van der Waals surface area contributed by atoms with E-state index < -0.39 is 0 Å². The zero-order chi connectivity index (χ0) is 13.1. The van der Waals surface area contributed by atoms with Crippen molar-refractivity contribution in [2.75, 3.05) is 26.2 Å². The summed E-state index contributed by atoms with van der Waals surface area (Å²) in [4.78, 5) is 23.9. The number of rotatable bonds is 4. The van der Waals surface area contributed by atoms with Crippen LogP contribution in [0, 0.1) is 0 Å². The van der Waals surface area contributed by atoms with E-state index in [1.807, 2.05) is 27.7 Å². The third-order valence-electron chi connectivity index (χ3n) is 2.04. The molecule has 8 heteroatoms. The van der Waals surface area contributed by atoms with Crippen LogP contribution in [0.2, 0.25) is 0 Å². The molecule has 2 amide bonds. The van der Waals surface area contributed by atoms with Crippen LogP contribution in [0.4, 0.5) is 9.59 Å². The Balaban J connectivity index is -0.0000000980. The minimum Gasteiger partial charge on any atom is -0.719 e. The van der Waals surface area contributed by atoms with Gasteiger partial charge in [0, 0.05) is 26.2 Å². The van der Waals surface area contributed by atoms with Crippen LogP contribution in [0.1, 0.15) is 27.7 Å². The van der Waals surface area contributed by atoms with Gasteiger partial charge in [0.15, 0.2) is 0 Å². The van der Waals surface area contributed by atoms with Crippen LogP contribution in [0.15, 0.2) is 0 Å². The minimum atomic E-state index is -0.255. The number of amides is 2. The molecule has 0 aromatic rings. The molecular formula is C10H20N2Na2O2S2. The van der Waals surface area contributed by atoms with Crippen LogP contribution in [0.5, 0.6) is 0 Å². The summed E-state index contributed by atoms with van der Waals surface area (Å²) in [6, 6.07) is 0. The molecule has 0 fully saturated rings. The van der Waals surface area contributed by atoms with E-state index in [1.54, 1.807) is 9.80 Å². The predicted molar refractivity (Wildman–Crippen MR) is 71.4 cm³/mol. The van der Waals surface area contributed by atoms with Crippen LogP contribution in [-0.4, -0.2) is 46.5 Å². The fraction of sp³-hybridized carbons (Fsp3) is 0.800. The molecule has 0 N–H and O–H groups in total. The molecule has 0 rings (SSSR count). The molecule has 0 aliphatic rings. The number of carbonyl (C=O) groups excluding carboxylic acids is 2. The van der Waals surface area contributed by atoms with Gasteiger partial charge in [0.1, 0.15) is 10.5 Å². The molecule has 0 aliphatic heterocycles. The van der Waals surface area contributed by atoms with Crippen molar-refractivity contribution in [2.24, 2.45) is 0 Å². The molecule has 0 heterocycles. The van der Waals surface area contributed by atoms with E-state index in [0.29, 0.717) is 0 Å². The van der Waals surface area contributed by atoms with Gasteiger partial charge in [0.05, 0.1) is 0 Å². The summed E-state index contributed by atoms with van der Waals surface area (Å²) in [6.45, 7) is 10.5. The van der Waals surface area contributed by atoms with Crippen molar-refractivity contribution in [1.82, 2.24) is 9.80 Å². The zero-order valence-electron chi connectivity index (χ0n) is 12.4. The molecule has 4 nitrogen and oxygen atoms in total. The van der Waals surface area contributed by atoms with E-state index in [2.05, 4.69) is 25.3 Å². The summed E-state index contributed by atoms with van der Waals surface area (Å²) in [5.41, 5.74) is 0. The van der Waals surface area contributed by atoms with Gasteiger partial charge >= 0.3 is 59.1 Å². The summed E-state index contributed by atoms with van der Waals surface area (Å²) in [5.74, 6) is 0. The number of carbonyl (C=O) groups is 2. The van der Waals surface area contributed by atoms with Gasteiger partial charge in [-0.05, 0) is 27.7 Å². The van der Waals surface area contributed by atoms with Crippen molar-refractivity contribution < 1.29 is 68.7 Å². The smallest absolute Gasteiger partial charge is 0.719 e. The van der Waals surface area contributed by atoms with Crippen molar-refractivity contribution >= 4 is 35.7 Å². The van der Waals surface area contributed by atoms with Gasteiger partial charge in [0.25, 0.3) is 0 Å². The maximum Gasteiger partial charge on any atom is 1.00 e. The van der Waals surface area contributed by atoms with E-state index in [1.165, 1.54) is 0 Å². The third-order valence-corrected chi connectivity index (χ3v) is 2.56. The molecule has 0 saturated carbocycles. The quantitative estimate of drug-likeness (QED) is 0.392. The second kappa shape index (κ2) is 18.4. The van der Waals surface area contributed by atoms with Crippen molar-refractivity contribution in [1.29, 1.82) is 0 Å². The monoisotopic (exact) mass is 310 g/mol. The summed E-state index contributed by atoms with van der Waals surface area (Å²) >= 11 is 8.77. The second-order valence-corrected chi connectivity index (χ2v) is 3.57. The van der Waals surface area contributed by atoms with Gasteiger partial charge in [-0.1, -0.05) is 0 Å². The molecule has 0 aliphatic carbocycles. The fourth-order valence-corrected chi connectivity index (χ4v) is 1.48. The van der Waals surface area contributed by atoms with Gasteiger partial charge in [-0.2, -0.15) is 0 Å². The molecule has 0 saturated heterocycles. The maximum atomic E-state index is 10.3. The van der Waals surface area contributed by atoms with E-state index in [9.17, 15) is 9.59 Å². The molecule has 0 bridgehead atoms. The average molecular weight is 310 g/mol. The summed E-state index contributed by atoms with van der Waals surface area (Å²) < 4.78 is 0. The Hall–Kier alpha value is 1.38. The van der Waals surface area contributed by atoms with Gasteiger partial charge in [-0.15, -0.1) is 0 Å². The largest absolute Gasteiger partial charge is 1.00 e. The van der Waals surface area contributed by atoms with E-state index in [0.717, 1.165) is 26.2 Å². The van der Waals surface area contributed by atoms with Crippen LogP contribution in [-0.2, 0) is 25.3 Å². The molecule has 0 spiro atoms. The molecule has 0 unspecified atom stereocenters. The van der Waals surface area contributed by atoms with Gasteiger partial charge in [0.2, 0.25) is 0 Å². The minimum absolute atomic E-state index is 0. The number of hydrogen-bond acceptors (Lipinski definition) is 4. The van der Waals surface area contributed by atoms with Gasteiger partial charge in [-0.3, -0.25) is 0 Å². The molecule has 0 atom stereocenters. The normalized spacial score (nSPS) is 7.78. The maximum absolute atomic E-state index is 10.3. The van der Waals surface area contributed by atoms with Crippen LogP contribution >= 0.6 is 0 Å². The Bertz CT molecular complexity index is 192. The van der Waals surface area contributed by atoms with E-state index in [4.69, 9.17) is 0 Å². The number of hydrogen-bond donors (Lipinski definition) is 0. The van der Waals surface area contributed by atoms with Crippen LogP contribution < -0.4 is 59.1 Å². The molecular weight excluding hydrogens is 290 g/mol. The molecule has 0 aromatic carbocycles. The first-order valence-corrected chi connectivity index (χ1v) is 6.17. The van der Waals surface area contributed by atoms with Crippen LogP contribution in [0.3, 0.4) is 0 Å². The van der Waals surface area contributed by atoms with Crippen molar-refractivity contribution in [3.8, 4) is 0 Å². The Morgan fingerprint density at radius 2 is 0.889 bits per heavy atom. The van der Waals surface area contributed by atoms with Gasteiger partial charge in [-0.25, -0.2) is 0 Å². The topological polar surface area (TPSA) is 40.6 Å². The zero-order valence-corrected chi connectivity index (χ0v) is 18.0. The molecule has 18 heavy (non-hydrogen) atoms. The van der Waals surface area contributed by atoms with Gasteiger partial charge < -0.3 is 44.6 Å². The van der Waals surface area contributed by atoms with Crippen LogP contribution in [0.25, 0.3) is 0 Å². The number of nitrogens with zero attached hydrogens (tertiary/aromatic N) is 2. The standard InChI is InChI=1S/2C5H11NOS.2Na/c2*1-3-6(4-2)5(7)8;;/h2*3-4H2,1-2H3,(H,7,8);;/q;;2*+1/p-2. The average Bonchev–Trinajstić information content (AvgIpc) is 2.21. The molecule has 96 valence electrons. The Morgan fingerprint density at radius 3 is 0.889 bits per heavy atom. The summed E-state index contributed by atoms with van der Waals surface area (Å²) in [6.07, 6.45) is 0. The summed E-state index contributed by atoms with van der Waals surface area (Å²) in [5, 5.41) is -0.509. The van der Waals surface area contributed by atoms with E-state index in [-0.39, 0.29) is 69.6 Å². The Kier molecular flexibility index (Phi) is 28.3. The first-order chi connectivity index (χ1) is 7.44. The van der Waals surface area contributed by atoms with E-state index >= 15 is 0 Å². The fourth-order valence-electron chi connectivity index (χ4n) is 0.964. The van der Waals surface area contributed by atoms with Crippen molar-refractivity contribution in [2.45, 2.75) is 27.7 Å². The first kappa shape index (κ1) is 27.7. The third kappa shape index (κ3) is 15.4. The second-order valence-electron chi connectivity index (χ2n) is 2.88. The Morgan fingerprint density at radius 1 is 0.722 bits per heavy atom. The SMILES string of the molecule is CCN(CC)C(=O)[S-].CCN(CC)C(=O)[S-].[Na+].[Na+]. The Labute approximate surface area is 166 Å². The first-order valence-electron chi connectivity index (χ1n) is 5.36. The predicted octanol–water partition coefficient (Wildman–Crippen LogP) is -4.00. The van der Waals surface area contributed by atoms with Crippen molar-refractivity contribution in [3.05, 3.63) is 0 Å².